The van der Waals surface area contributed by atoms with E-state index in [4.69, 9.17) is 9.56 Å². The molecule has 1 aromatic heterocycles. The second-order valence-corrected chi connectivity index (χ2v) is 6.78. The summed E-state index contributed by atoms with van der Waals surface area (Å²) >= 11 is 0. The molecule has 2 atom stereocenters. The molecule has 0 bridgehead atoms. The van der Waals surface area contributed by atoms with E-state index in [1.807, 2.05) is 0 Å². The first-order valence-electron chi connectivity index (χ1n) is 6.63. The Bertz CT molecular complexity index is 554. The van der Waals surface area contributed by atoms with Crippen LogP contribution in [0.4, 0.5) is 0 Å². The molecule has 0 aliphatic carbocycles. The van der Waals surface area contributed by atoms with Crippen LogP contribution in [0.1, 0.15) is 25.0 Å². The molecule has 0 spiro atoms. The predicted octanol–water partition coefficient (Wildman–Crippen LogP) is 0.253. The Hall–Kier alpha value is -0.890. The third kappa shape index (κ3) is 2.69. The molecule has 0 amide bonds. The average Bonchev–Trinajstić information content (AvgIpc) is 3.02. The smallest absolute Gasteiger partial charge is 0.271 e. The van der Waals surface area contributed by atoms with Crippen molar-refractivity contribution in [3.63, 3.8) is 0 Å². The third-order valence-corrected chi connectivity index (χ3v) is 4.84. The van der Waals surface area contributed by atoms with Crippen LogP contribution in [0.15, 0.2) is 21.6 Å². The fourth-order valence-corrected chi connectivity index (χ4v) is 3.64. The zero-order valence-electron chi connectivity index (χ0n) is 10.7. The zero-order valence-corrected chi connectivity index (χ0v) is 11.5. The molecule has 2 aliphatic heterocycles. The van der Waals surface area contributed by atoms with E-state index in [1.165, 1.54) is 25.5 Å². The Labute approximate surface area is 113 Å². The molecular formula is C12H19N3O3S. The van der Waals surface area contributed by atoms with E-state index in [9.17, 15) is 8.42 Å². The van der Waals surface area contributed by atoms with Gasteiger partial charge in [0.25, 0.3) is 10.0 Å². The molecule has 0 aromatic carbocycles. The van der Waals surface area contributed by atoms with Gasteiger partial charge in [0.1, 0.15) is 5.76 Å². The number of hydrogen-bond acceptors (Lipinski definition) is 5. The number of nitrogens with one attached hydrogen (secondary N) is 1. The molecule has 7 heteroatoms. The van der Waals surface area contributed by atoms with Crippen molar-refractivity contribution in [2.75, 3.05) is 13.1 Å². The van der Waals surface area contributed by atoms with Gasteiger partial charge in [0.2, 0.25) is 5.09 Å². The van der Waals surface area contributed by atoms with Gasteiger partial charge >= 0.3 is 0 Å². The maximum absolute atomic E-state index is 11.1. The van der Waals surface area contributed by atoms with Gasteiger partial charge in [-0.25, -0.2) is 13.6 Å². The van der Waals surface area contributed by atoms with Crippen molar-refractivity contribution in [2.45, 2.75) is 43.0 Å². The summed E-state index contributed by atoms with van der Waals surface area (Å²) in [5.74, 6) is 0.612. The summed E-state index contributed by atoms with van der Waals surface area (Å²) in [5, 5.41) is 8.30. The Morgan fingerprint density at radius 2 is 2.21 bits per heavy atom. The molecule has 106 valence electrons. The lowest BCUT2D eigenvalue weighted by atomic mass is 10.1. The van der Waals surface area contributed by atoms with E-state index in [2.05, 4.69) is 10.2 Å². The van der Waals surface area contributed by atoms with Crippen molar-refractivity contribution < 1.29 is 12.8 Å². The fourth-order valence-electron chi connectivity index (χ4n) is 3.16. The quantitative estimate of drug-likeness (QED) is 0.828. The molecule has 1 aromatic rings. The SMILES string of the molecule is NS(=O)(=O)c1ccc(CNC2CCN3CCCC23)o1. The summed E-state index contributed by atoms with van der Waals surface area (Å²) in [7, 11) is -3.74. The number of fused-ring (bicyclic) bond motifs is 1. The van der Waals surface area contributed by atoms with Gasteiger partial charge in [-0.05, 0) is 37.9 Å². The highest BCUT2D eigenvalue weighted by Gasteiger charge is 2.36. The van der Waals surface area contributed by atoms with Gasteiger partial charge in [0.15, 0.2) is 0 Å². The van der Waals surface area contributed by atoms with Crippen molar-refractivity contribution >= 4 is 10.0 Å². The largest absolute Gasteiger partial charge is 0.447 e. The lowest BCUT2D eigenvalue weighted by molar-refractivity contribution is 0.293. The molecule has 2 unspecified atom stereocenters. The molecule has 2 aliphatic rings. The van der Waals surface area contributed by atoms with Crippen LogP contribution in [0.2, 0.25) is 0 Å². The first-order chi connectivity index (χ1) is 9.04. The lowest BCUT2D eigenvalue weighted by Gasteiger charge is -2.20. The highest BCUT2D eigenvalue weighted by molar-refractivity contribution is 7.89. The van der Waals surface area contributed by atoms with E-state index in [0.29, 0.717) is 24.4 Å². The molecule has 3 rings (SSSR count). The predicted molar refractivity (Wildman–Crippen MR) is 69.9 cm³/mol. The highest BCUT2D eigenvalue weighted by atomic mass is 32.2. The minimum Gasteiger partial charge on any atom is -0.447 e. The van der Waals surface area contributed by atoms with Crippen molar-refractivity contribution in [2.24, 2.45) is 5.14 Å². The molecule has 6 nitrogen and oxygen atoms in total. The summed E-state index contributed by atoms with van der Waals surface area (Å²) in [5.41, 5.74) is 0. The van der Waals surface area contributed by atoms with Crippen LogP contribution in [0.3, 0.4) is 0 Å². The van der Waals surface area contributed by atoms with E-state index in [-0.39, 0.29) is 5.09 Å². The van der Waals surface area contributed by atoms with Crippen molar-refractivity contribution in [3.05, 3.63) is 17.9 Å². The van der Waals surface area contributed by atoms with Gasteiger partial charge in [-0.15, -0.1) is 0 Å². The number of rotatable bonds is 4. The van der Waals surface area contributed by atoms with Crippen LogP contribution in [-0.4, -0.2) is 38.5 Å². The number of nitrogens with two attached hydrogens (primary N) is 1. The summed E-state index contributed by atoms with van der Waals surface area (Å²) in [4.78, 5) is 2.52. The maximum Gasteiger partial charge on any atom is 0.271 e. The third-order valence-electron chi connectivity index (χ3n) is 4.06. The van der Waals surface area contributed by atoms with Gasteiger partial charge in [-0.1, -0.05) is 0 Å². The summed E-state index contributed by atoms with van der Waals surface area (Å²) in [6, 6.07) is 4.18. The molecular weight excluding hydrogens is 266 g/mol. The van der Waals surface area contributed by atoms with E-state index >= 15 is 0 Å². The first-order valence-corrected chi connectivity index (χ1v) is 8.17. The molecule has 0 saturated carbocycles. The van der Waals surface area contributed by atoms with Gasteiger partial charge in [0.05, 0.1) is 6.54 Å². The van der Waals surface area contributed by atoms with Gasteiger partial charge in [0, 0.05) is 18.6 Å². The van der Waals surface area contributed by atoms with Gasteiger partial charge < -0.3 is 9.73 Å². The van der Waals surface area contributed by atoms with E-state index < -0.39 is 10.0 Å². The zero-order chi connectivity index (χ0) is 13.5. The van der Waals surface area contributed by atoms with Crippen LogP contribution in [0.25, 0.3) is 0 Å². The molecule has 2 saturated heterocycles. The minimum atomic E-state index is -3.74. The standard InChI is InChI=1S/C12H19N3O3S/c13-19(16,17)12-4-3-9(18-12)8-14-10-5-7-15-6-1-2-11(10)15/h3-4,10-11,14H,1-2,5-8H2,(H2,13,16,17). The second kappa shape index (κ2) is 4.90. The summed E-state index contributed by atoms with van der Waals surface area (Å²) < 4.78 is 27.5. The number of sulfonamides is 1. The fraction of sp³-hybridized carbons (Fsp3) is 0.667. The van der Waals surface area contributed by atoms with Crippen molar-refractivity contribution in [1.82, 2.24) is 10.2 Å². The number of hydrogen-bond donors (Lipinski definition) is 2. The first kappa shape index (κ1) is 13.1. The van der Waals surface area contributed by atoms with Crippen molar-refractivity contribution in [1.29, 1.82) is 0 Å². The normalized spacial score (nSPS) is 27.8. The number of furan rings is 1. The van der Waals surface area contributed by atoms with Crippen LogP contribution < -0.4 is 10.5 Å². The Kier molecular flexibility index (Phi) is 3.38. The topological polar surface area (TPSA) is 88.6 Å². The minimum absolute atomic E-state index is 0.168. The number of nitrogens with zero attached hydrogens (tertiary/aromatic N) is 1. The summed E-state index contributed by atoms with van der Waals surface area (Å²) in [6.45, 7) is 2.91. The maximum atomic E-state index is 11.1. The lowest BCUT2D eigenvalue weighted by Crippen LogP contribution is -2.38. The number of primary sulfonamides is 1. The Balaban J connectivity index is 1.59. The van der Waals surface area contributed by atoms with E-state index in [0.717, 1.165) is 13.0 Å². The highest BCUT2D eigenvalue weighted by Crippen LogP contribution is 2.28. The van der Waals surface area contributed by atoms with Gasteiger partial charge in [-0.3, -0.25) is 4.90 Å². The van der Waals surface area contributed by atoms with E-state index in [1.54, 1.807) is 6.07 Å². The molecule has 2 fully saturated rings. The Morgan fingerprint density at radius 3 is 2.95 bits per heavy atom. The van der Waals surface area contributed by atoms with Gasteiger partial charge in [-0.2, -0.15) is 0 Å². The average molecular weight is 285 g/mol. The molecule has 0 radical (unpaired) electrons. The van der Waals surface area contributed by atoms with Crippen LogP contribution >= 0.6 is 0 Å². The molecule has 3 N–H and O–H groups in total. The summed E-state index contributed by atoms with van der Waals surface area (Å²) in [6.07, 6.45) is 3.67. The van der Waals surface area contributed by atoms with Crippen LogP contribution in [0.5, 0.6) is 0 Å². The van der Waals surface area contributed by atoms with Crippen LogP contribution in [-0.2, 0) is 16.6 Å². The second-order valence-electron chi connectivity index (χ2n) is 5.29. The molecule has 3 heterocycles. The molecule has 19 heavy (non-hydrogen) atoms. The van der Waals surface area contributed by atoms with Crippen LogP contribution in [0, 0.1) is 0 Å². The van der Waals surface area contributed by atoms with Crippen molar-refractivity contribution in [3.8, 4) is 0 Å². The Morgan fingerprint density at radius 1 is 1.37 bits per heavy atom. The monoisotopic (exact) mass is 285 g/mol.